The Hall–Kier alpha value is -1.85. The largest absolute Gasteiger partial charge is 0.416 e. The monoisotopic (exact) mass is 228 g/mol. The first-order valence-electron chi connectivity index (χ1n) is 4.46. The molecular weight excluding hydrogens is 221 g/mol. The molecule has 2 aromatic rings. The minimum atomic E-state index is -4.52. The van der Waals surface area contributed by atoms with E-state index in [2.05, 4.69) is 5.10 Å². The Morgan fingerprint density at radius 2 is 2.06 bits per heavy atom. The molecule has 84 valence electrons. The Morgan fingerprint density at radius 3 is 2.69 bits per heavy atom. The van der Waals surface area contributed by atoms with Crippen molar-refractivity contribution in [2.45, 2.75) is 13.1 Å². The molecule has 0 amide bonds. The van der Waals surface area contributed by atoms with Gasteiger partial charge in [0, 0.05) is 11.8 Å². The van der Waals surface area contributed by atoms with Gasteiger partial charge in [-0.05, 0) is 25.1 Å². The highest BCUT2D eigenvalue weighted by Gasteiger charge is 2.34. The molecular formula is C10H7F3N2O. The molecule has 0 saturated heterocycles. The van der Waals surface area contributed by atoms with Gasteiger partial charge in [0.1, 0.15) is 0 Å². The van der Waals surface area contributed by atoms with Gasteiger partial charge in [-0.25, -0.2) is 0 Å². The smallest absolute Gasteiger partial charge is 0.267 e. The second-order valence-corrected chi connectivity index (χ2v) is 3.35. The van der Waals surface area contributed by atoms with E-state index in [0.717, 1.165) is 17.5 Å². The molecule has 3 nitrogen and oxygen atoms in total. The van der Waals surface area contributed by atoms with E-state index in [1.807, 2.05) is 0 Å². The molecule has 16 heavy (non-hydrogen) atoms. The normalized spacial score (nSPS) is 12.0. The number of aromatic nitrogens is 2. The van der Waals surface area contributed by atoms with E-state index in [-0.39, 0.29) is 11.1 Å². The number of hydrogen-bond acceptors (Lipinski definition) is 2. The molecule has 2 aromatic heterocycles. The van der Waals surface area contributed by atoms with Gasteiger partial charge in [0.2, 0.25) is 0 Å². The number of hydrogen-bond donors (Lipinski definition) is 0. The summed E-state index contributed by atoms with van der Waals surface area (Å²) in [6.07, 6.45) is -3.17. The summed E-state index contributed by atoms with van der Waals surface area (Å²) >= 11 is 0. The summed E-state index contributed by atoms with van der Waals surface area (Å²) in [6.45, 7) is 1.15. The maximum absolute atomic E-state index is 12.6. The van der Waals surface area contributed by atoms with Gasteiger partial charge in [-0.1, -0.05) is 0 Å². The van der Waals surface area contributed by atoms with Crippen molar-refractivity contribution in [3.8, 4) is 0 Å². The van der Waals surface area contributed by atoms with Crippen molar-refractivity contribution in [2.24, 2.45) is 0 Å². The third kappa shape index (κ3) is 1.56. The maximum atomic E-state index is 12.6. The van der Waals surface area contributed by atoms with E-state index in [9.17, 15) is 18.0 Å². The summed E-state index contributed by atoms with van der Waals surface area (Å²) in [5, 5.41) is 3.70. The highest BCUT2D eigenvalue weighted by Crippen LogP contribution is 2.30. The molecule has 0 N–H and O–H groups in total. The molecule has 0 aliphatic carbocycles. The van der Waals surface area contributed by atoms with E-state index in [4.69, 9.17) is 0 Å². The first kappa shape index (κ1) is 10.7. The average Bonchev–Trinajstić information content (AvgIpc) is 2.22. The zero-order chi connectivity index (χ0) is 11.9. The lowest BCUT2D eigenvalue weighted by atomic mass is 10.1. The van der Waals surface area contributed by atoms with Crippen LogP contribution in [0.1, 0.15) is 11.1 Å². The Kier molecular flexibility index (Phi) is 2.22. The van der Waals surface area contributed by atoms with E-state index in [1.54, 1.807) is 0 Å². The summed E-state index contributed by atoms with van der Waals surface area (Å²) in [6, 6.07) is 3.80. The first-order valence-corrected chi connectivity index (χ1v) is 4.46. The average molecular weight is 228 g/mol. The Morgan fingerprint density at radius 1 is 1.38 bits per heavy atom. The second-order valence-electron chi connectivity index (χ2n) is 3.35. The number of pyridine rings is 1. The second kappa shape index (κ2) is 3.33. The molecule has 0 atom stereocenters. The van der Waals surface area contributed by atoms with E-state index in [1.165, 1.54) is 18.3 Å². The van der Waals surface area contributed by atoms with Crippen LogP contribution in [0.25, 0.3) is 5.52 Å². The molecule has 0 aromatic carbocycles. The maximum Gasteiger partial charge on any atom is 0.416 e. The molecule has 0 aliphatic heterocycles. The lowest BCUT2D eigenvalue weighted by Crippen LogP contribution is -2.23. The Bertz CT molecular complexity index is 601. The predicted octanol–water partition coefficient (Wildman–Crippen LogP) is 2.02. The van der Waals surface area contributed by atoms with Gasteiger partial charge in [0.15, 0.2) is 0 Å². The van der Waals surface area contributed by atoms with Crippen LogP contribution >= 0.6 is 0 Å². The Balaban J connectivity index is 2.90. The number of alkyl halides is 3. The molecule has 0 spiro atoms. The summed E-state index contributed by atoms with van der Waals surface area (Å²) in [4.78, 5) is 11.6. The number of fused-ring (bicyclic) bond motifs is 1. The van der Waals surface area contributed by atoms with Crippen LogP contribution in [0.5, 0.6) is 0 Å². The van der Waals surface area contributed by atoms with Gasteiger partial charge >= 0.3 is 6.18 Å². The van der Waals surface area contributed by atoms with Gasteiger partial charge in [0.25, 0.3) is 5.56 Å². The van der Waals surface area contributed by atoms with Crippen LogP contribution < -0.4 is 5.56 Å². The standard InChI is InChI=1S/C10H7F3N2O/c1-6-8(10(11,12)13)5-7-3-2-4-14-15(7)9(6)16/h2-5H,1H3. The third-order valence-electron chi connectivity index (χ3n) is 2.29. The van der Waals surface area contributed by atoms with E-state index < -0.39 is 17.3 Å². The van der Waals surface area contributed by atoms with Crippen molar-refractivity contribution in [2.75, 3.05) is 0 Å². The molecule has 0 bridgehead atoms. The predicted molar refractivity (Wildman–Crippen MR) is 51.2 cm³/mol. The summed E-state index contributed by atoms with van der Waals surface area (Å²) in [7, 11) is 0. The molecule has 0 radical (unpaired) electrons. The van der Waals surface area contributed by atoms with E-state index in [0.29, 0.717) is 0 Å². The Labute approximate surface area is 88.1 Å². The number of rotatable bonds is 0. The number of nitrogens with zero attached hydrogens (tertiary/aromatic N) is 2. The lowest BCUT2D eigenvalue weighted by Gasteiger charge is -2.10. The molecule has 0 saturated carbocycles. The van der Waals surface area contributed by atoms with Crippen molar-refractivity contribution in [3.63, 3.8) is 0 Å². The SMILES string of the molecule is Cc1c(C(F)(F)F)cc2cccnn2c1=O. The first-order chi connectivity index (χ1) is 7.41. The highest BCUT2D eigenvalue weighted by molar-refractivity contribution is 5.50. The van der Waals surface area contributed by atoms with Gasteiger partial charge in [-0.15, -0.1) is 0 Å². The van der Waals surface area contributed by atoms with E-state index >= 15 is 0 Å². The van der Waals surface area contributed by atoms with Crippen molar-refractivity contribution in [1.29, 1.82) is 0 Å². The van der Waals surface area contributed by atoms with Crippen molar-refractivity contribution in [3.05, 3.63) is 45.9 Å². The van der Waals surface area contributed by atoms with Crippen LogP contribution in [0.4, 0.5) is 13.2 Å². The van der Waals surface area contributed by atoms with Crippen molar-refractivity contribution in [1.82, 2.24) is 9.61 Å². The van der Waals surface area contributed by atoms with Gasteiger partial charge < -0.3 is 0 Å². The van der Waals surface area contributed by atoms with Crippen LogP contribution in [-0.2, 0) is 6.18 Å². The summed E-state index contributed by atoms with van der Waals surface area (Å²) < 4.78 is 38.7. The molecule has 2 heterocycles. The van der Waals surface area contributed by atoms with Crippen LogP contribution in [0, 0.1) is 6.92 Å². The fourth-order valence-electron chi connectivity index (χ4n) is 1.49. The summed E-state index contributed by atoms with van der Waals surface area (Å²) in [5.74, 6) is 0. The van der Waals surface area contributed by atoms with Crippen molar-refractivity contribution >= 4 is 5.52 Å². The minimum absolute atomic E-state index is 0.130. The van der Waals surface area contributed by atoms with Crippen LogP contribution in [0.2, 0.25) is 0 Å². The zero-order valence-electron chi connectivity index (χ0n) is 8.25. The molecule has 0 unspecified atom stereocenters. The quantitative estimate of drug-likeness (QED) is 0.691. The molecule has 0 fully saturated rings. The molecule has 6 heteroatoms. The topological polar surface area (TPSA) is 34.4 Å². The fraction of sp³-hybridized carbons (Fsp3) is 0.200. The van der Waals surface area contributed by atoms with Gasteiger partial charge in [-0.2, -0.15) is 22.8 Å². The van der Waals surface area contributed by atoms with Gasteiger partial charge in [-0.3, -0.25) is 4.79 Å². The fourth-order valence-corrected chi connectivity index (χ4v) is 1.49. The lowest BCUT2D eigenvalue weighted by molar-refractivity contribution is -0.138. The molecule has 0 aliphatic rings. The van der Waals surface area contributed by atoms with Gasteiger partial charge in [0.05, 0.1) is 11.1 Å². The zero-order valence-corrected chi connectivity index (χ0v) is 8.25. The third-order valence-corrected chi connectivity index (χ3v) is 2.29. The molecule has 2 rings (SSSR count). The minimum Gasteiger partial charge on any atom is -0.267 e. The highest BCUT2D eigenvalue weighted by atomic mass is 19.4. The van der Waals surface area contributed by atoms with Crippen LogP contribution in [0.3, 0.4) is 0 Å². The van der Waals surface area contributed by atoms with Crippen LogP contribution in [-0.4, -0.2) is 9.61 Å². The van der Waals surface area contributed by atoms with Crippen molar-refractivity contribution < 1.29 is 13.2 Å². The summed E-state index contributed by atoms with van der Waals surface area (Å²) in [5.41, 5.74) is -1.87. The number of halogens is 3. The van der Waals surface area contributed by atoms with Crippen LogP contribution in [0.15, 0.2) is 29.2 Å².